The second kappa shape index (κ2) is 7.49. The number of oxazole rings is 1. The van der Waals surface area contributed by atoms with Crippen LogP contribution in [0.15, 0.2) is 45.8 Å². The molecule has 0 fully saturated rings. The molecule has 0 atom stereocenters. The lowest BCUT2D eigenvalue weighted by Crippen LogP contribution is -1.88. The van der Waals surface area contributed by atoms with Gasteiger partial charge in [0.05, 0.1) is 36.2 Å². The largest absolute Gasteiger partial charge is 0.497 e. The molecule has 4 aromatic rings. The Morgan fingerprint density at radius 3 is 2.79 bits per heavy atom. The highest BCUT2D eigenvalue weighted by Gasteiger charge is 2.17. The van der Waals surface area contributed by atoms with E-state index in [0.717, 1.165) is 16.0 Å². The maximum atomic E-state index is 10.1. The van der Waals surface area contributed by atoms with Gasteiger partial charge in [-0.05, 0) is 36.4 Å². The fourth-order valence-corrected chi connectivity index (χ4v) is 3.57. The van der Waals surface area contributed by atoms with E-state index in [2.05, 4.69) is 15.0 Å². The minimum absolute atomic E-state index is 0.173. The predicted octanol–water partition coefficient (Wildman–Crippen LogP) is 5.08. The van der Waals surface area contributed by atoms with Gasteiger partial charge < -0.3 is 19.0 Å². The summed E-state index contributed by atoms with van der Waals surface area (Å²) >= 11 is 7.44. The Bertz CT molecular complexity index is 1190. The summed E-state index contributed by atoms with van der Waals surface area (Å²) in [5.74, 6) is 1.09. The number of halogens is 1. The number of benzene rings is 2. The van der Waals surface area contributed by atoms with Crippen molar-refractivity contribution in [1.29, 1.82) is 0 Å². The van der Waals surface area contributed by atoms with Crippen molar-refractivity contribution in [2.45, 2.75) is 0 Å². The summed E-state index contributed by atoms with van der Waals surface area (Å²) in [5.41, 5.74) is 1.51. The van der Waals surface area contributed by atoms with Crippen LogP contribution in [0.25, 0.3) is 21.7 Å². The quantitative estimate of drug-likeness (QED) is 0.457. The molecule has 7 nitrogen and oxygen atoms in total. The molecule has 28 heavy (non-hydrogen) atoms. The fraction of sp³-hybridized carbons (Fsp3) is 0.105. The molecule has 0 radical (unpaired) electrons. The van der Waals surface area contributed by atoms with E-state index >= 15 is 0 Å². The third-order valence-corrected chi connectivity index (χ3v) is 5.07. The lowest BCUT2D eigenvalue weighted by molar-refractivity contribution is 0.336. The lowest BCUT2D eigenvalue weighted by Gasteiger charge is -2.04. The Kier molecular flexibility index (Phi) is 4.89. The molecule has 0 saturated carbocycles. The molecule has 2 heterocycles. The number of fused-ring (bicyclic) bond motifs is 1. The van der Waals surface area contributed by atoms with Crippen molar-refractivity contribution in [2.24, 2.45) is 4.99 Å². The Morgan fingerprint density at radius 1 is 1.14 bits per heavy atom. The van der Waals surface area contributed by atoms with Crippen molar-refractivity contribution in [1.82, 2.24) is 9.97 Å². The monoisotopic (exact) mass is 415 g/mol. The van der Waals surface area contributed by atoms with Crippen LogP contribution in [0.2, 0.25) is 5.02 Å². The first kappa shape index (κ1) is 18.3. The predicted molar refractivity (Wildman–Crippen MR) is 109 cm³/mol. The van der Waals surface area contributed by atoms with Gasteiger partial charge in [-0.15, -0.1) is 0 Å². The van der Waals surface area contributed by atoms with Gasteiger partial charge in [0.2, 0.25) is 11.0 Å². The number of nitrogens with zero attached hydrogens (tertiary/aromatic N) is 3. The Morgan fingerprint density at radius 2 is 2.00 bits per heavy atom. The van der Waals surface area contributed by atoms with Crippen molar-refractivity contribution in [3.05, 3.63) is 47.1 Å². The molecule has 0 saturated heterocycles. The Labute approximate surface area is 168 Å². The van der Waals surface area contributed by atoms with Crippen LogP contribution < -0.4 is 9.47 Å². The second-order valence-electron chi connectivity index (χ2n) is 5.64. The zero-order valence-electron chi connectivity index (χ0n) is 14.8. The van der Waals surface area contributed by atoms with Gasteiger partial charge in [-0.3, -0.25) is 0 Å². The smallest absolute Gasteiger partial charge is 0.312 e. The van der Waals surface area contributed by atoms with E-state index in [4.69, 9.17) is 25.5 Å². The SMILES string of the molecule is COc1ccc2nc(N=Cc3nc(-c4cc(Cl)ccc4OC)oc3O)sc2c1. The summed E-state index contributed by atoms with van der Waals surface area (Å²) in [6, 6.07) is 10.6. The number of hydrogen-bond acceptors (Lipinski definition) is 8. The number of rotatable bonds is 5. The van der Waals surface area contributed by atoms with Crippen LogP contribution in [0.4, 0.5) is 5.13 Å². The summed E-state index contributed by atoms with van der Waals surface area (Å²) in [6.07, 6.45) is 1.40. The molecule has 9 heteroatoms. The molecule has 2 aromatic heterocycles. The molecule has 4 rings (SSSR count). The Balaban J connectivity index is 1.65. The number of ether oxygens (including phenoxy) is 2. The van der Waals surface area contributed by atoms with Crippen LogP contribution in [0.3, 0.4) is 0 Å². The van der Waals surface area contributed by atoms with Crippen molar-refractivity contribution in [3.63, 3.8) is 0 Å². The number of aromatic nitrogens is 2. The van der Waals surface area contributed by atoms with E-state index in [0.29, 0.717) is 21.5 Å². The molecule has 0 aliphatic carbocycles. The number of thiazole rings is 1. The van der Waals surface area contributed by atoms with Gasteiger partial charge in [0.25, 0.3) is 0 Å². The topological polar surface area (TPSA) is 90.0 Å². The van der Waals surface area contributed by atoms with Gasteiger partial charge in [0, 0.05) is 5.02 Å². The van der Waals surface area contributed by atoms with E-state index in [9.17, 15) is 5.11 Å². The fourth-order valence-electron chi connectivity index (χ4n) is 2.56. The molecule has 0 amide bonds. The van der Waals surface area contributed by atoms with Crippen LogP contribution in [-0.2, 0) is 0 Å². The first-order valence-electron chi connectivity index (χ1n) is 8.09. The summed E-state index contributed by atoms with van der Waals surface area (Å²) in [4.78, 5) is 13.0. The van der Waals surface area contributed by atoms with Gasteiger partial charge in [-0.1, -0.05) is 22.9 Å². The molecule has 0 spiro atoms. The summed E-state index contributed by atoms with van der Waals surface area (Å²) < 4.78 is 16.8. The molecule has 0 unspecified atom stereocenters. The van der Waals surface area contributed by atoms with Gasteiger partial charge in [0.1, 0.15) is 11.5 Å². The van der Waals surface area contributed by atoms with Crippen molar-refractivity contribution in [3.8, 4) is 28.9 Å². The standard InChI is InChI=1S/C19H14ClN3O4S/c1-25-11-4-5-13-16(8-11)28-19(23-13)21-9-14-18(24)27-17(22-14)12-7-10(20)3-6-15(12)26-2/h3-9,24H,1-2H3. The molecular weight excluding hydrogens is 402 g/mol. The van der Waals surface area contributed by atoms with Crippen LogP contribution >= 0.6 is 22.9 Å². The van der Waals surface area contributed by atoms with E-state index in [1.165, 1.54) is 24.7 Å². The van der Waals surface area contributed by atoms with E-state index in [1.807, 2.05) is 18.2 Å². The van der Waals surface area contributed by atoms with Gasteiger partial charge in [-0.25, -0.2) is 15.0 Å². The van der Waals surface area contributed by atoms with Gasteiger partial charge >= 0.3 is 5.95 Å². The third kappa shape index (κ3) is 3.51. The maximum Gasteiger partial charge on any atom is 0.312 e. The molecule has 0 bridgehead atoms. The number of aliphatic imine (C=N–C) groups is 1. The molecule has 1 N–H and O–H groups in total. The average Bonchev–Trinajstić information content (AvgIpc) is 3.28. The Hall–Kier alpha value is -3.10. The molecule has 142 valence electrons. The summed E-state index contributed by atoms with van der Waals surface area (Å²) in [6.45, 7) is 0. The number of aromatic hydroxyl groups is 1. The van der Waals surface area contributed by atoms with Crippen molar-refractivity contribution >= 4 is 44.5 Å². The van der Waals surface area contributed by atoms with Crippen LogP contribution in [0.5, 0.6) is 17.4 Å². The zero-order chi connectivity index (χ0) is 19.7. The molecule has 2 aromatic carbocycles. The molecular formula is C19H14ClN3O4S. The highest BCUT2D eigenvalue weighted by atomic mass is 35.5. The number of methoxy groups -OCH3 is 2. The second-order valence-corrected chi connectivity index (χ2v) is 7.09. The summed E-state index contributed by atoms with van der Waals surface area (Å²) in [5, 5.41) is 11.1. The van der Waals surface area contributed by atoms with E-state index in [1.54, 1.807) is 25.3 Å². The normalized spacial score (nSPS) is 11.4. The van der Waals surface area contributed by atoms with Crippen LogP contribution in [0, 0.1) is 0 Å². The van der Waals surface area contributed by atoms with Crippen molar-refractivity contribution in [2.75, 3.05) is 14.2 Å². The van der Waals surface area contributed by atoms with Crippen LogP contribution in [0.1, 0.15) is 5.69 Å². The molecule has 0 aliphatic heterocycles. The minimum Gasteiger partial charge on any atom is -0.497 e. The first-order chi connectivity index (χ1) is 13.6. The van der Waals surface area contributed by atoms with Crippen LogP contribution in [-0.4, -0.2) is 35.5 Å². The van der Waals surface area contributed by atoms with E-state index < -0.39 is 0 Å². The number of hydrogen-bond donors (Lipinski definition) is 1. The highest BCUT2D eigenvalue weighted by molar-refractivity contribution is 7.22. The van der Waals surface area contributed by atoms with Gasteiger partial charge in [0.15, 0.2) is 5.69 Å². The van der Waals surface area contributed by atoms with E-state index in [-0.39, 0.29) is 17.5 Å². The highest BCUT2D eigenvalue weighted by Crippen LogP contribution is 2.35. The van der Waals surface area contributed by atoms with Crippen molar-refractivity contribution < 1.29 is 19.0 Å². The molecule has 0 aliphatic rings. The first-order valence-corrected chi connectivity index (χ1v) is 9.29. The van der Waals surface area contributed by atoms with Gasteiger partial charge in [-0.2, -0.15) is 0 Å². The maximum absolute atomic E-state index is 10.1. The third-order valence-electron chi connectivity index (χ3n) is 3.91. The average molecular weight is 416 g/mol. The zero-order valence-corrected chi connectivity index (χ0v) is 16.4. The summed E-state index contributed by atoms with van der Waals surface area (Å²) in [7, 11) is 3.14. The minimum atomic E-state index is -0.358. The lowest BCUT2D eigenvalue weighted by atomic mass is 10.2.